The van der Waals surface area contributed by atoms with Gasteiger partial charge in [0.2, 0.25) is 0 Å². The van der Waals surface area contributed by atoms with E-state index in [0.29, 0.717) is 52.4 Å². The van der Waals surface area contributed by atoms with Gasteiger partial charge in [0.05, 0.1) is 11.3 Å². The van der Waals surface area contributed by atoms with Crippen LogP contribution in [0.1, 0.15) is 56.2 Å². The van der Waals surface area contributed by atoms with Crippen molar-refractivity contribution >= 4 is 34.8 Å². The van der Waals surface area contributed by atoms with Gasteiger partial charge in [0.1, 0.15) is 5.76 Å². The SMILES string of the molecule is Cc1c(C(=O)Nc2cccc(C(F)(F)F)c2)oc2c1/C(=N/NC(=O)c1ccc(Cl)cc1)CCC2. The predicted octanol–water partition coefficient (Wildman–Crippen LogP) is 5.98. The Morgan fingerprint density at radius 1 is 1.06 bits per heavy atom. The molecule has 0 bridgehead atoms. The molecule has 1 heterocycles. The van der Waals surface area contributed by atoms with Gasteiger partial charge in [-0.3, -0.25) is 9.59 Å². The predicted molar refractivity (Wildman–Crippen MR) is 121 cm³/mol. The summed E-state index contributed by atoms with van der Waals surface area (Å²) >= 11 is 5.84. The second-order valence-corrected chi connectivity index (χ2v) is 8.18. The lowest BCUT2D eigenvalue weighted by Gasteiger charge is -2.13. The number of carbonyl (C=O) groups excluding carboxylic acids is 2. The molecule has 6 nitrogen and oxygen atoms in total. The lowest BCUT2D eigenvalue weighted by molar-refractivity contribution is -0.137. The van der Waals surface area contributed by atoms with Crippen LogP contribution in [0.3, 0.4) is 0 Å². The Kier molecular flexibility index (Phi) is 6.47. The standard InChI is InChI=1S/C24H19ClF3N3O3/c1-13-20-18(30-31-22(32)14-8-10-16(25)11-9-14)6-3-7-19(20)34-21(13)23(33)29-17-5-2-4-15(12-17)24(26,27)28/h2,4-5,8-12H,3,6-7H2,1H3,(H,29,33)(H,31,32)/b30-18+. The molecule has 1 aliphatic rings. The normalized spacial score (nSPS) is 14.6. The number of anilines is 1. The highest BCUT2D eigenvalue weighted by Crippen LogP contribution is 2.32. The molecule has 0 saturated heterocycles. The maximum atomic E-state index is 13.0. The summed E-state index contributed by atoms with van der Waals surface area (Å²) in [6.07, 6.45) is -2.70. The molecule has 0 atom stereocenters. The first-order chi connectivity index (χ1) is 16.1. The van der Waals surface area contributed by atoms with E-state index in [2.05, 4.69) is 15.8 Å². The Balaban J connectivity index is 1.55. The molecule has 0 radical (unpaired) electrons. The third kappa shape index (κ3) is 4.99. The highest BCUT2D eigenvalue weighted by molar-refractivity contribution is 6.30. The smallest absolute Gasteiger partial charge is 0.416 e. The van der Waals surface area contributed by atoms with Crippen LogP contribution in [-0.4, -0.2) is 17.5 Å². The van der Waals surface area contributed by atoms with E-state index in [1.54, 1.807) is 31.2 Å². The van der Waals surface area contributed by atoms with E-state index in [1.807, 2.05) is 0 Å². The zero-order chi connectivity index (χ0) is 24.5. The highest BCUT2D eigenvalue weighted by Gasteiger charge is 2.31. The molecule has 34 heavy (non-hydrogen) atoms. The van der Waals surface area contributed by atoms with Gasteiger partial charge in [-0.1, -0.05) is 17.7 Å². The molecule has 1 aromatic heterocycles. The number of hydrogen-bond donors (Lipinski definition) is 2. The molecule has 3 aromatic rings. The first-order valence-corrected chi connectivity index (χ1v) is 10.7. The van der Waals surface area contributed by atoms with Crippen LogP contribution in [0, 0.1) is 6.92 Å². The maximum Gasteiger partial charge on any atom is 0.416 e. The number of carbonyl (C=O) groups is 2. The van der Waals surface area contributed by atoms with E-state index in [1.165, 1.54) is 12.1 Å². The fraction of sp³-hybridized carbons (Fsp3) is 0.208. The van der Waals surface area contributed by atoms with Gasteiger partial charge in [-0.2, -0.15) is 18.3 Å². The molecule has 176 valence electrons. The molecule has 2 N–H and O–H groups in total. The Labute approximate surface area is 197 Å². The molecule has 2 aromatic carbocycles. The number of furan rings is 1. The number of halogens is 4. The monoisotopic (exact) mass is 489 g/mol. The van der Waals surface area contributed by atoms with Gasteiger partial charge < -0.3 is 9.73 Å². The Morgan fingerprint density at radius 2 is 1.79 bits per heavy atom. The Hall–Kier alpha value is -3.59. The molecule has 2 amide bonds. The number of alkyl halides is 3. The topological polar surface area (TPSA) is 83.7 Å². The number of fused-ring (bicyclic) bond motifs is 1. The van der Waals surface area contributed by atoms with Crippen molar-refractivity contribution in [2.24, 2.45) is 5.10 Å². The van der Waals surface area contributed by atoms with Crippen molar-refractivity contribution < 1.29 is 27.2 Å². The summed E-state index contributed by atoms with van der Waals surface area (Å²) in [4.78, 5) is 25.2. The molecule has 0 aliphatic heterocycles. The fourth-order valence-electron chi connectivity index (χ4n) is 3.74. The summed E-state index contributed by atoms with van der Waals surface area (Å²) < 4.78 is 44.7. The summed E-state index contributed by atoms with van der Waals surface area (Å²) in [7, 11) is 0. The fourth-order valence-corrected chi connectivity index (χ4v) is 3.87. The molecule has 0 saturated carbocycles. The van der Waals surface area contributed by atoms with E-state index < -0.39 is 23.6 Å². The number of rotatable bonds is 4. The average Bonchev–Trinajstić information content (AvgIpc) is 3.15. The van der Waals surface area contributed by atoms with E-state index in [-0.39, 0.29) is 11.4 Å². The average molecular weight is 490 g/mol. The Morgan fingerprint density at radius 3 is 2.50 bits per heavy atom. The van der Waals surface area contributed by atoms with Crippen molar-refractivity contribution in [1.82, 2.24) is 5.43 Å². The third-order valence-corrected chi connectivity index (χ3v) is 5.63. The van der Waals surface area contributed by atoms with Crippen LogP contribution in [0.5, 0.6) is 0 Å². The zero-order valence-electron chi connectivity index (χ0n) is 17.9. The number of benzene rings is 2. The lowest BCUT2D eigenvalue weighted by Crippen LogP contribution is -2.22. The van der Waals surface area contributed by atoms with Crippen molar-refractivity contribution in [3.63, 3.8) is 0 Å². The molecule has 1 aliphatic carbocycles. The third-order valence-electron chi connectivity index (χ3n) is 5.38. The quantitative estimate of drug-likeness (QED) is 0.442. The Bertz CT molecular complexity index is 1280. The summed E-state index contributed by atoms with van der Waals surface area (Å²) in [5.41, 5.74) is 3.70. The largest absolute Gasteiger partial charge is 0.455 e. The van der Waals surface area contributed by atoms with Gasteiger partial charge in [0.15, 0.2) is 5.76 Å². The van der Waals surface area contributed by atoms with Gasteiger partial charge in [-0.15, -0.1) is 0 Å². The van der Waals surface area contributed by atoms with Crippen molar-refractivity contribution in [2.45, 2.75) is 32.4 Å². The van der Waals surface area contributed by atoms with Gasteiger partial charge in [-0.05, 0) is 62.2 Å². The van der Waals surface area contributed by atoms with Gasteiger partial charge in [0, 0.05) is 33.8 Å². The first-order valence-electron chi connectivity index (χ1n) is 10.4. The molecule has 0 fully saturated rings. The highest BCUT2D eigenvalue weighted by atomic mass is 35.5. The number of amides is 2. The summed E-state index contributed by atoms with van der Waals surface area (Å²) in [5.74, 6) is -0.561. The maximum absolute atomic E-state index is 13.0. The molecule has 10 heteroatoms. The summed E-state index contributed by atoms with van der Waals surface area (Å²) in [6.45, 7) is 1.67. The molecule has 0 unspecified atom stereocenters. The minimum atomic E-state index is -4.53. The van der Waals surface area contributed by atoms with Crippen molar-refractivity contribution in [1.29, 1.82) is 0 Å². The van der Waals surface area contributed by atoms with E-state index in [9.17, 15) is 22.8 Å². The first kappa shape index (κ1) is 23.6. The van der Waals surface area contributed by atoms with Crippen LogP contribution >= 0.6 is 11.6 Å². The van der Waals surface area contributed by atoms with Crippen LogP contribution < -0.4 is 10.7 Å². The number of nitrogens with zero attached hydrogens (tertiary/aromatic N) is 1. The molecular formula is C24H19ClF3N3O3. The van der Waals surface area contributed by atoms with Crippen LogP contribution in [0.15, 0.2) is 58.0 Å². The molecular weight excluding hydrogens is 471 g/mol. The van der Waals surface area contributed by atoms with E-state index in [4.69, 9.17) is 16.0 Å². The van der Waals surface area contributed by atoms with Gasteiger partial charge in [-0.25, -0.2) is 5.43 Å². The lowest BCUT2D eigenvalue weighted by atomic mass is 9.93. The zero-order valence-corrected chi connectivity index (χ0v) is 18.7. The van der Waals surface area contributed by atoms with Crippen LogP contribution in [0.2, 0.25) is 5.02 Å². The summed E-state index contributed by atoms with van der Waals surface area (Å²) in [6, 6.07) is 10.7. The number of hydrogen-bond acceptors (Lipinski definition) is 4. The van der Waals surface area contributed by atoms with Crippen LogP contribution in [0.4, 0.5) is 18.9 Å². The van der Waals surface area contributed by atoms with Gasteiger partial charge in [0.25, 0.3) is 11.8 Å². The van der Waals surface area contributed by atoms with E-state index >= 15 is 0 Å². The van der Waals surface area contributed by atoms with Crippen LogP contribution in [-0.2, 0) is 12.6 Å². The second kappa shape index (κ2) is 9.34. The summed E-state index contributed by atoms with van der Waals surface area (Å²) in [5, 5.41) is 7.21. The van der Waals surface area contributed by atoms with Crippen molar-refractivity contribution in [3.8, 4) is 0 Å². The van der Waals surface area contributed by atoms with E-state index in [0.717, 1.165) is 12.1 Å². The minimum Gasteiger partial charge on any atom is -0.455 e. The van der Waals surface area contributed by atoms with Crippen molar-refractivity contribution in [2.75, 3.05) is 5.32 Å². The van der Waals surface area contributed by atoms with Gasteiger partial charge >= 0.3 is 6.18 Å². The number of nitrogens with one attached hydrogen (secondary N) is 2. The second-order valence-electron chi connectivity index (χ2n) is 7.75. The van der Waals surface area contributed by atoms with Crippen molar-refractivity contribution in [3.05, 3.63) is 87.3 Å². The minimum absolute atomic E-state index is 0.00212. The molecule has 4 rings (SSSR count). The molecule has 0 spiro atoms. The number of aryl methyl sites for hydroxylation is 1. The number of hydrazone groups is 1. The van der Waals surface area contributed by atoms with Crippen LogP contribution in [0.25, 0.3) is 0 Å².